The van der Waals surface area contributed by atoms with Gasteiger partial charge in [0.05, 0.1) is 5.41 Å². The average molecular weight is 214 g/mol. The Bertz CT molecular complexity index is 475. The summed E-state index contributed by atoms with van der Waals surface area (Å²) in [6.07, 6.45) is 4.88. The third kappa shape index (κ3) is 1.10. The summed E-state index contributed by atoms with van der Waals surface area (Å²) in [6.45, 7) is 2.09. The molecule has 0 radical (unpaired) electrons. The predicted octanol–water partition coefficient (Wildman–Crippen LogP) is 2.62. The third-order valence-corrected chi connectivity index (χ3v) is 3.69. The normalized spacial score (nSPS) is 31.1. The van der Waals surface area contributed by atoms with Crippen LogP contribution in [0, 0.1) is 0 Å². The number of hydrogen-bond donors (Lipinski definition) is 0. The molecule has 0 bridgehead atoms. The van der Waals surface area contributed by atoms with E-state index in [1.165, 1.54) is 5.57 Å². The highest BCUT2D eigenvalue weighted by molar-refractivity contribution is 5.75. The van der Waals surface area contributed by atoms with Crippen molar-refractivity contribution in [1.82, 2.24) is 0 Å². The quantitative estimate of drug-likeness (QED) is 0.530. The predicted molar refractivity (Wildman–Crippen MR) is 61.6 cm³/mol. The average Bonchev–Trinajstić information content (AvgIpc) is 2.64. The van der Waals surface area contributed by atoms with Crippen LogP contribution in [0.5, 0.6) is 5.75 Å². The van der Waals surface area contributed by atoms with Crippen molar-refractivity contribution in [3.63, 3.8) is 0 Å². The molecule has 3 rings (SSSR count). The molecule has 1 heterocycles. The van der Waals surface area contributed by atoms with Crippen molar-refractivity contribution in [3.8, 4) is 5.75 Å². The summed E-state index contributed by atoms with van der Waals surface area (Å²) in [4.78, 5) is 11.6. The second-order valence-electron chi connectivity index (χ2n) is 4.72. The number of rotatable bonds is 1. The Kier molecular flexibility index (Phi) is 1.93. The molecule has 0 aromatic heterocycles. The first-order valence-corrected chi connectivity index (χ1v) is 5.64. The molecule has 2 aliphatic rings. The summed E-state index contributed by atoms with van der Waals surface area (Å²) in [7, 11) is 0. The van der Waals surface area contributed by atoms with E-state index in [0.29, 0.717) is 0 Å². The van der Waals surface area contributed by atoms with Crippen LogP contribution in [0.25, 0.3) is 0 Å². The van der Waals surface area contributed by atoms with Crippen molar-refractivity contribution in [2.24, 2.45) is 0 Å². The van der Waals surface area contributed by atoms with Gasteiger partial charge in [0.25, 0.3) is 0 Å². The van der Waals surface area contributed by atoms with Gasteiger partial charge in [-0.05, 0) is 19.4 Å². The third-order valence-electron chi connectivity index (χ3n) is 3.69. The molecule has 0 spiro atoms. The van der Waals surface area contributed by atoms with Crippen LogP contribution < -0.4 is 4.74 Å². The van der Waals surface area contributed by atoms with Crippen LogP contribution in [0.1, 0.15) is 25.3 Å². The molecular weight excluding hydrogens is 200 g/mol. The minimum atomic E-state index is -0.435. The van der Waals surface area contributed by atoms with Crippen LogP contribution in [0.4, 0.5) is 0 Å². The minimum Gasteiger partial charge on any atom is -0.488 e. The zero-order valence-electron chi connectivity index (χ0n) is 9.27. The summed E-state index contributed by atoms with van der Waals surface area (Å²) >= 11 is 0. The van der Waals surface area contributed by atoms with Crippen LogP contribution >= 0.6 is 0 Å². The van der Waals surface area contributed by atoms with E-state index in [2.05, 4.69) is 13.0 Å². The van der Waals surface area contributed by atoms with Crippen molar-refractivity contribution in [2.45, 2.75) is 31.3 Å². The zero-order chi connectivity index (χ0) is 11.2. The second kappa shape index (κ2) is 3.21. The molecule has 0 saturated heterocycles. The Morgan fingerprint density at radius 2 is 2.25 bits per heavy atom. The van der Waals surface area contributed by atoms with Gasteiger partial charge in [0.15, 0.2) is 0 Å². The Morgan fingerprint density at radius 3 is 3.06 bits per heavy atom. The van der Waals surface area contributed by atoms with Gasteiger partial charge in [-0.1, -0.05) is 29.8 Å². The molecule has 0 fully saturated rings. The highest BCUT2D eigenvalue weighted by atomic mass is 16.5. The number of para-hydroxylation sites is 1. The van der Waals surface area contributed by atoms with Gasteiger partial charge in [-0.2, -0.15) is 0 Å². The highest BCUT2D eigenvalue weighted by Gasteiger charge is 2.49. The van der Waals surface area contributed by atoms with E-state index < -0.39 is 5.41 Å². The smallest absolute Gasteiger partial charge is 0.134 e. The summed E-state index contributed by atoms with van der Waals surface area (Å²) in [5, 5.41) is 0. The molecule has 1 aliphatic carbocycles. The van der Waals surface area contributed by atoms with Gasteiger partial charge in [0.1, 0.15) is 18.1 Å². The van der Waals surface area contributed by atoms with E-state index in [1.807, 2.05) is 24.3 Å². The lowest BCUT2D eigenvalue weighted by atomic mass is 9.70. The molecule has 2 nitrogen and oxygen atoms in total. The van der Waals surface area contributed by atoms with Crippen molar-refractivity contribution >= 4 is 6.29 Å². The van der Waals surface area contributed by atoms with Gasteiger partial charge in [-0.15, -0.1) is 0 Å². The monoisotopic (exact) mass is 214 g/mol. The topological polar surface area (TPSA) is 26.3 Å². The van der Waals surface area contributed by atoms with E-state index in [1.54, 1.807) is 0 Å². The lowest BCUT2D eigenvalue weighted by Gasteiger charge is -2.32. The van der Waals surface area contributed by atoms with Crippen LogP contribution in [0.2, 0.25) is 0 Å². The molecular formula is C14H14O2. The van der Waals surface area contributed by atoms with Gasteiger partial charge < -0.3 is 9.53 Å². The fourth-order valence-corrected chi connectivity index (χ4v) is 2.88. The van der Waals surface area contributed by atoms with Gasteiger partial charge >= 0.3 is 0 Å². The molecule has 82 valence electrons. The van der Waals surface area contributed by atoms with Crippen molar-refractivity contribution in [2.75, 3.05) is 0 Å². The zero-order valence-corrected chi connectivity index (χ0v) is 9.27. The van der Waals surface area contributed by atoms with Gasteiger partial charge in [-0.3, -0.25) is 0 Å². The van der Waals surface area contributed by atoms with Crippen molar-refractivity contribution < 1.29 is 9.53 Å². The molecule has 1 aliphatic heterocycles. The molecule has 2 atom stereocenters. The lowest BCUT2D eigenvalue weighted by Crippen LogP contribution is -2.41. The van der Waals surface area contributed by atoms with E-state index in [9.17, 15) is 4.79 Å². The summed E-state index contributed by atoms with van der Waals surface area (Å²) < 4.78 is 5.88. The number of carbonyl (C=O) groups excluding carboxylic acids is 1. The minimum absolute atomic E-state index is 0.00824. The Hall–Kier alpha value is -1.57. The molecule has 2 heteroatoms. The van der Waals surface area contributed by atoms with Crippen LogP contribution in [-0.4, -0.2) is 12.4 Å². The number of aldehydes is 1. The number of carbonyl (C=O) groups is 1. The van der Waals surface area contributed by atoms with E-state index in [0.717, 1.165) is 30.4 Å². The Labute approximate surface area is 94.9 Å². The molecule has 0 saturated carbocycles. The molecule has 2 unspecified atom stereocenters. The Morgan fingerprint density at radius 1 is 1.44 bits per heavy atom. The summed E-state index contributed by atoms with van der Waals surface area (Å²) in [6, 6.07) is 7.90. The summed E-state index contributed by atoms with van der Waals surface area (Å²) in [5.74, 6) is 0.878. The number of hydrogen-bond acceptors (Lipinski definition) is 2. The SMILES string of the molecule is CC1=CCC2Oc3ccccc3C2(C=O)C1. The van der Waals surface area contributed by atoms with Crippen molar-refractivity contribution in [3.05, 3.63) is 41.5 Å². The molecule has 0 amide bonds. The fraction of sp³-hybridized carbons (Fsp3) is 0.357. The second-order valence-corrected chi connectivity index (χ2v) is 4.72. The maximum Gasteiger partial charge on any atom is 0.134 e. The highest BCUT2D eigenvalue weighted by Crippen LogP contribution is 2.48. The standard InChI is InChI=1S/C14H14O2/c1-10-6-7-13-14(8-10,9-15)11-4-2-3-5-12(11)16-13/h2-6,9,13H,7-8H2,1H3. The summed E-state index contributed by atoms with van der Waals surface area (Å²) in [5.41, 5.74) is 1.90. The molecule has 16 heavy (non-hydrogen) atoms. The lowest BCUT2D eigenvalue weighted by molar-refractivity contribution is -0.114. The van der Waals surface area contributed by atoms with Gasteiger partial charge in [-0.25, -0.2) is 0 Å². The van der Waals surface area contributed by atoms with Crippen LogP contribution in [0.15, 0.2) is 35.9 Å². The van der Waals surface area contributed by atoms with Crippen molar-refractivity contribution in [1.29, 1.82) is 0 Å². The van der Waals surface area contributed by atoms with E-state index in [-0.39, 0.29) is 6.10 Å². The molecule has 1 aromatic carbocycles. The first-order chi connectivity index (χ1) is 7.76. The number of allylic oxidation sites excluding steroid dienone is 1. The first kappa shape index (κ1) is 9.64. The van der Waals surface area contributed by atoms with E-state index >= 15 is 0 Å². The van der Waals surface area contributed by atoms with Gasteiger partial charge in [0, 0.05) is 12.0 Å². The number of ether oxygens (including phenoxy) is 1. The maximum atomic E-state index is 11.6. The maximum absolute atomic E-state index is 11.6. The largest absolute Gasteiger partial charge is 0.488 e. The van der Waals surface area contributed by atoms with Crippen LogP contribution in [0.3, 0.4) is 0 Å². The molecule has 1 aromatic rings. The number of benzene rings is 1. The van der Waals surface area contributed by atoms with Crippen LogP contribution in [-0.2, 0) is 10.2 Å². The first-order valence-electron chi connectivity index (χ1n) is 5.64. The van der Waals surface area contributed by atoms with E-state index in [4.69, 9.17) is 4.74 Å². The fourth-order valence-electron chi connectivity index (χ4n) is 2.88. The Balaban J connectivity index is 2.17. The van der Waals surface area contributed by atoms with Gasteiger partial charge in [0.2, 0.25) is 0 Å². The number of fused-ring (bicyclic) bond motifs is 3. The molecule has 0 N–H and O–H groups in total.